The molecule has 0 aromatic carbocycles. The number of carbonyl (C=O) groups is 2. The summed E-state index contributed by atoms with van der Waals surface area (Å²) in [6.07, 6.45) is 12.1. The van der Waals surface area contributed by atoms with Crippen LogP contribution in [-0.4, -0.2) is 29.6 Å². The van der Waals surface area contributed by atoms with Gasteiger partial charge in [0.25, 0.3) is 0 Å². The molecule has 0 heterocycles. The van der Waals surface area contributed by atoms with E-state index in [1.165, 1.54) is 18.1 Å². The summed E-state index contributed by atoms with van der Waals surface area (Å²) in [6.45, 7) is 6.25. The quantitative estimate of drug-likeness (QED) is 0.594. The molecule has 1 N–H and O–H groups in total. The number of hydrogen-bond donors (Lipinski definition) is 1. The first-order chi connectivity index (χ1) is 12.8. The van der Waals surface area contributed by atoms with E-state index in [2.05, 4.69) is 26.0 Å². The SMILES string of the molecule is CC(=O)OCC=C1CC[C@H]2[C@@H]3CCC4=CC(=O)C=C[C@]4(C)[C@H]3[C@@H](O)C[C@]12C. The molecule has 6 atom stereocenters. The van der Waals surface area contributed by atoms with Crippen molar-refractivity contribution in [1.82, 2.24) is 0 Å². The van der Waals surface area contributed by atoms with Gasteiger partial charge in [-0.15, -0.1) is 0 Å². The maximum Gasteiger partial charge on any atom is 0.302 e. The molecule has 0 aromatic rings. The molecular weight excluding hydrogens is 340 g/mol. The second-order valence-electron chi connectivity index (χ2n) is 9.28. The maximum atomic E-state index is 11.9. The summed E-state index contributed by atoms with van der Waals surface area (Å²) >= 11 is 0. The Labute approximate surface area is 161 Å². The lowest BCUT2D eigenvalue weighted by Crippen LogP contribution is -2.55. The molecule has 0 spiro atoms. The fraction of sp³-hybridized carbons (Fsp3) is 0.652. The van der Waals surface area contributed by atoms with Crippen molar-refractivity contribution < 1.29 is 19.4 Å². The van der Waals surface area contributed by atoms with E-state index < -0.39 is 6.10 Å². The first-order valence-corrected chi connectivity index (χ1v) is 10.2. The molecule has 4 nitrogen and oxygen atoms in total. The Balaban J connectivity index is 1.64. The van der Waals surface area contributed by atoms with Gasteiger partial charge in [-0.1, -0.05) is 31.1 Å². The van der Waals surface area contributed by atoms with Crippen LogP contribution in [0.4, 0.5) is 0 Å². The molecular formula is C23H30O4. The van der Waals surface area contributed by atoms with Crippen LogP contribution < -0.4 is 0 Å². The molecule has 3 saturated carbocycles. The van der Waals surface area contributed by atoms with E-state index in [4.69, 9.17) is 4.74 Å². The first-order valence-electron chi connectivity index (χ1n) is 10.2. The van der Waals surface area contributed by atoms with Crippen molar-refractivity contribution in [3.8, 4) is 0 Å². The third-order valence-corrected chi connectivity index (χ3v) is 7.96. The second-order valence-corrected chi connectivity index (χ2v) is 9.28. The standard InChI is InChI=1S/C23H30O4/c1-14(24)27-11-9-15-5-7-19-18-6-4-16-12-17(25)8-10-22(16,2)21(18)20(26)13-23(15,19)3/h8-10,12,18-21,26H,4-7,11,13H2,1-3H3/t18-,19-,20-,21+,22-,23+/m0/s1. The summed E-state index contributed by atoms with van der Waals surface area (Å²) in [6, 6.07) is 0. The van der Waals surface area contributed by atoms with Crippen LogP contribution >= 0.6 is 0 Å². The van der Waals surface area contributed by atoms with Gasteiger partial charge in [0.05, 0.1) is 6.10 Å². The van der Waals surface area contributed by atoms with Gasteiger partial charge in [0, 0.05) is 18.3 Å². The van der Waals surface area contributed by atoms with Crippen molar-refractivity contribution in [1.29, 1.82) is 0 Å². The van der Waals surface area contributed by atoms with E-state index in [1.807, 2.05) is 0 Å². The lowest BCUT2D eigenvalue weighted by atomic mass is 9.47. The van der Waals surface area contributed by atoms with Crippen molar-refractivity contribution >= 4 is 11.8 Å². The first kappa shape index (κ1) is 18.7. The molecule has 4 heteroatoms. The van der Waals surface area contributed by atoms with Gasteiger partial charge in [-0.3, -0.25) is 9.59 Å². The molecule has 0 radical (unpaired) electrons. The topological polar surface area (TPSA) is 63.6 Å². The third-order valence-electron chi connectivity index (χ3n) is 7.96. The predicted molar refractivity (Wildman–Crippen MR) is 103 cm³/mol. The molecule has 4 rings (SSSR count). The fourth-order valence-electron chi connectivity index (χ4n) is 6.77. The predicted octanol–water partition coefficient (Wildman–Crippen LogP) is 3.75. The van der Waals surface area contributed by atoms with Crippen molar-refractivity contribution in [3.05, 3.63) is 35.5 Å². The number of esters is 1. The minimum absolute atomic E-state index is 0.0213. The van der Waals surface area contributed by atoms with Crippen LogP contribution in [0, 0.1) is 28.6 Å². The number of ketones is 1. The van der Waals surface area contributed by atoms with Gasteiger partial charge in [0.2, 0.25) is 0 Å². The lowest BCUT2D eigenvalue weighted by molar-refractivity contribution is -0.139. The molecule has 0 amide bonds. The van der Waals surface area contributed by atoms with Gasteiger partial charge in [-0.25, -0.2) is 0 Å². The molecule has 3 fully saturated rings. The van der Waals surface area contributed by atoms with Crippen LogP contribution in [0.25, 0.3) is 0 Å². The number of allylic oxidation sites excluding steroid dienone is 5. The molecule has 0 bridgehead atoms. The van der Waals surface area contributed by atoms with Gasteiger partial charge in [-0.05, 0) is 67.6 Å². The molecule has 0 unspecified atom stereocenters. The fourth-order valence-corrected chi connectivity index (χ4v) is 6.77. The van der Waals surface area contributed by atoms with Crippen molar-refractivity contribution in [2.75, 3.05) is 6.61 Å². The molecule has 0 aromatic heterocycles. The van der Waals surface area contributed by atoms with Gasteiger partial charge < -0.3 is 9.84 Å². The molecule has 0 aliphatic heterocycles. The van der Waals surface area contributed by atoms with Crippen molar-refractivity contribution in [3.63, 3.8) is 0 Å². The second kappa shape index (κ2) is 6.44. The van der Waals surface area contributed by atoms with Gasteiger partial charge in [0.15, 0.2) is 5.78 Å². The number of hydrogen-bond acceptors (Lipinski definition) is 4. The smallest absolute Gasteiger partial charge is 0.302 e. The van der Waals surface area contributed by atoms with Crippen molar-refractivity contribution in [2.24, 2.45) is 28.6 Å². The van der Waals surface area contributed by atoms with E-state index in [-0.39, 0.29) is 28.5 Å². The minimum atomic E-state index is -0.391. The van der Waals surface area contributed by atoms with Crippen LogP contribution in [-0.2, 0) is 14.3 Å². The maximum absolute atomic E-state index is 11.9. The van der Waals surface area contributed by atoms with Crippen LogP contribution in [0.2, 0.25) is 0 Å². The number of ether oxygens (including phenoxy) is 1. The Morgan fingerprint density at radius 1 is 1.33 bits per heavy atom. The van der Waals surface area contributed by atoms with E-state index >= 15 is 0 Å². The summed E-state index contributed by atoms with van der Waals surface area (Å²) < 4.78 is 5.13. The molecule has 27 heavy (non-hydrogen) atoms. The zero-order chi connectivity index (χ0) is 19.4. The van der Waals surface area contributed by atoms with Gasteiger partial charge >= 0.3 is 5.97 Å². The summed E-state index contributed by atoms with van der Waals surface area (Å²) in [5, 5.41) is 11.3. The van der Waals surface area contributed by atoms with Crippen LogP contribution in [0.15, 0.2) is 35.5 Å². The summed E-state index contributed by atoms with van der Waals surface area (Å²) in [5.74, 6) is 0.992. The van der Waals surface area contributed by atoms with Crippen LogP contribution in [0.3, 0.4) is 0 Å². The number of fused-ring (bicyclic) bond motifs is 5. The summed E-state index contributed by atoms with van der Waals surface area (Å²) in [5.41, 5.74) is 2.31. The third kappa shape index (κ3) is 2.84. The van der Waals surface area contributed by atoms with Crippen LogP contribution in [0.1, 0.15) is 52.9 Å². The summed E-state index contributed by atoms with van der Waals surface area (Å²) in [7, 11) is 0. The minimum Gasteiger partial charge on any atom is -0.462 e. The molecule has 0 saturated heterocycles. The van der Waals surface area contributed by atoms with Crippen LogP contribution in [0.5, 0.6) is 0 Å². The highest BCUT2D eigenvalue weighted by Crippen LogP contribution is 2.65. The zero-order valence-electron chi connectivity index (χ0n) is 16.5. The van der Waals surface area contributed by atoms with E-state index in [9.17, 15) is 14.7 Å². The largest absolute Gasteiger partial charge is 0.462 e. The number of aliphatic hydroxyl groups is 1. The van der Waals surface area contributed by atoms with E-state index in [1.54, 1.807) is 12.2 Å². The van der Waals surface area contributed by atoms with Crippen molar-refractivity contribution in [2.45, 2.75) is 59.0 Å². The normalized spacial score (nSPS) is 44.4. The highest BCUT2D eigenvalue weighted by atomic mass is 16.5. The monoisotopic (exact) mass is 370 g/mol. The average Bonchev–Trinajstić information content (AvgIpc) is 2.91. The zero-order valence-corrected chi connectivity index (χ0v) is 16.5. The van der Waals surface area contributed by atoms with Gasteiger partial charge in [-0.2, -0.15) is 0 Å². The number of rotatable bonds is 2. The summed E-state index contributed by atoms with van der Waals surface area (Å²) in [4.78, 5) is 22.9. The highest BCUT2D eigenvalue weighted by Gasteiger charge is 2.60. The molecule has 4 aliphatic rings. The highest BCUT2D eigenvalue weighted by molar-refractivity contribution is 6.01. The average molecular weight is 370 g/mol. The Bertz CT molecular complexity index is 760. The Morgan fingerprint density at radius 2 is 2.11 bits per heavy atom. The molecule has 4 aliphatic carbocycles. The Kier molecular flexibility index (Phi) is 4.45. The Hall–Kier alpha value is -1.68. The molecule has 146 valence electrons. The number of aliphatic hydroxyl groups excluding tert-OH is 1. The van der Waals surface area contributed by atoms with Gasteiger partial charge in [0.1, 0.15) is 6.61 Å². The number of carbonyl (C=O) groups excluding carboxylic acids is 2. The lowest BCUT2D eigenvalue weighted by Gasteiger charge is -2.58. The van der Waals surface area contributed by atoms with E-state index in [0.29, 0.717) is 18.4 Å². The van der Waals surface area contributed by atoms with E-state index in [0.717, 1.165) is 32.1 Å². The Morgan fingerprint density at radius 3 is 2.85 bits per heavy atom.